The first kappa shape index (κ1) is 20.3. The van der Waals surface area contributed by atoms with Crippen molar-refractivity contribution in [2.75, 3.05) is 14.2 Å². The monoisotopic (exact) mass is 342 g/mol. The molecule has 1 aromatic rings. The molecule has 4 nitrogen and oxygen atoms in total. The Labute approximate surface area is 149 Å². The molecule has 0 saturated heterocycles. The average molecular weight is 342 g/mol. The molecule has 0 unspecified atom stereocenters. The van der Waals surface area contributed by atoms with E-state index in [-0.39, 0.29) is 0 Å². The minimum atomic E-state index is -0.944. The van der Waals surface area contributed by atoms with E-state index >= 15 is 0 Å². The number of methoxy groups -OCH3 is 2. The summed E-state index contributed by atoms with van der Waals surface area (Å²) in [6.07, 6.45) is 10.7. The molecule has 0 bridgehead atoms. The fraction of sp³-hybridized carbons (Fsp3) is 0.286. The van der Waals surface area contributed by atoms with Gasteiger partial charge in [0.15, 0.2) is 0 Å². The standard InChI is InChI=1S/C21H26O4/c1-14(8-7-9-15(2)12-20(22)23)10-11-18-16(3)13-19(24-5)17(4)21(18)25-6/h7-13H,1-6H3,(H,22,23)/b9-7+,11-10+,14-8+,15-12+. The van der Waals surface area contributed by atoms with Gasteiger partial charge in [-0.1, -0.05) is 36.0 Å². The lowest BCUT2D eigenvalue weighted by Gasteiger charge is -2.15. The Kier molecular flexibility index (Phi) is 7.73. The van der Waals surface area contributed by atoms with Crippen molar-refractivity contribution < 1.29 is 19.4 Å². The summed E-state index contributed by atoms with van der Waals surface area (Å²) in [4.78, 5) is 10.6. The van der Waals surface area contributed by atoms with E-state index in [9.17, 15) is 4.79 Å². The summed E-state index contributed by atoms with van der Waals surface area (Å²) in [7, 11) is 3.30. The highest BCUT2D eigenvalue weighted by Crippen LogP contribution is 2.35. The van der Waals surface area contributed by atoms with Gasteiger partial charge in [-0.3, -0.25) is 0 Å². The Balaban J connectivity index is 3.05. The van der Waals surface area contributed by atoms with E-state index in [1.807, 2.05) is 51.1 Å². The van der Waals surface area contributed by atoms with Crippen molar-refractivity contribution in [2.45, 2.75) is 27.7 Å². The lowest BCUT2D eigenvalue weighted by Crippen LogP contribution is -1.97. The summed E-state index contributed by atoms with van der Waals surface area (Å²) < 4.78 is 10.9. The van der Waals surface area contributed by atoms with Gasteiger partial charge in [-0.2, -0.15) is 0 Å². The quantitative estimate of drug-likeness (QED) is 0.567. The van der Waals surface area contributed by atoms with Crippen molar-refractivity contribution in [2.24, 2.45) is 0 Å². The number of carbonyl (C=O) groups is 1. The van der Waals surface area contributed by atoms with Crippen molar-refractivity contribution in [1.29, 1.82) is 0 Å². The van der Waals surface area contributed by atoms with E-state index in [0.717, 1.165) is 33.8 Å². The molecule has 0 saturated carbocycles. The van der Waals surface area contributed by atoms with E-state index in [4.69, 9.17) is 14.6 Å². The van der Waals surface area contributed by atoms with Crippen LogP contribution in [0.25, 0.3) is 6.08 Å². The number of aliphatic carboxylic acids is 1. The van der Waals surface area contributed by atoms with E-state index in [1.165, 1.54) is 6.08 Å². The van der Waals surface area contributed by atoms with Crippen molar-refractivity contribution >= 4 is 12.0 Å². The maximum absolute atomic E-state index is 10.6. The van der Waals surface area contributed by atoms with E-state index < -0.39 is 5.97 Å². The average Bonchev–Trinajstić information content (AvgIpc) is 2.54. The number of carboxylic acid groups (broad SMARTS) is 1. The summed E-state index contributed by atoms with van der Waals surface area (Å²) in [5, 5.41) is 8.68. The first-order valence-electron chi connectivity index (χ1n) is 7.96. The molecule has 0 heterocycles. The van der Waals surface area contributed by atoms with Crippen LogP contribution in [-0.2, 0) is 4.79 Å². The number of carboxylic acids is 1. The Hall–Kier alpha value is -2.75. The first-order valence-corrected chi connectivity index (χ1v) is 7.96. The van der Waals surface area contributed by atoms with Gasteiger partial charge in [0.1, 0.15) is 11.5 Å². The minimum absolute atomic E-state index is 0.684. The summed E-state index contributed by atoms with van der Waals surface area (Å²) in [5.74, 6) is 0.666. The van der Waals surface area contributed by atoms with Gasteiger partial charge < -0.3 is 14.6 Å². The van der Waals surface area contributed by atoms with Crippen molar-refractivity contribution in [3.8, 4) is 11.5 Å². The molecule has 0 radical (unpaired) electrons. The van der Waals surface area contributed by atoms with Crippen molar-refractivity contribution in [3.05, 3.63) is 64.3 Å². The predicted octanol–water partition coefficient (Wildman–Crippen LogP) is 4.87. The number of ether oxygens (including phenoxy) is 2. The SMILES string of the molecule is COc1cc(C)c(/C=C/C(C)=C/C=C/C(C)=C/C(=O)O)c(OC)c1C. The van der Waals surface area contributed by atoms with Crippen LogP contribution >= 0.6 is 0 Å². The molecule has 1 aromatic carbocycles. The maximum atomic E-state index is 10.6. The zero-order chi connectivity index (χ0) is 19.0. The molecule has 0 aliphatic carbocycles. The summed E-state index contributed by atoms with van der Waals surface area (Å²) in [5.41, 5.74) is 4.77. The maximum Gasteiger partial charge on any atom is 0.328 e. The second-order valence-corrected chi connectivity index (χ2v) is 5.80. The van der Waals surface area contributed by atoms with Crippen LogP contribution in [0.4, 0.5) is 0 Å². The van der Waals surface area contributed by atoms with E-state index in [0.29, 0.717) is 5.57 Å². The molecule has 25 heavy (non-hydrogen) atoms. The van der Waals surface area contributed by atoms with Gasteiger partial charge in [0, 0.05) is 17.2 Å². The number of rotatable bonds is 7. The van der Waals surface area contributed by atoms with Gasteiger partial charge in [-0.05, 0) is 44.9 Å². The van der Waals surface area contributed by atoms with Crippen LogP contribution in [0.15, 0.2) is 47.6 Å². The molecular formula is C21H26O4. The van der Waals surface area contributed by atoms with Crippen LogP contribution in [0.3, 0.4) is 0 Å². The largest absolute Gasteiger partial charge is 0.496 e. The normalized spacial score (nSPS) is 12.9. The van der Waals surface area contributed by atoms with E-state index in [2.05, 4.69) is 0 Å². The zero-order valence-electron chi connectivity index (χ0n) is 15.7. The highest BCUT2D eigenvalue weighted by Gasteiger charge is 2.12. The van der Waals surface area contributed by atoms with Gasteiger partial charge in [0.05, 0.1) is 14.2 Å². The number of allylic oxidation sites excluding steroid dienone is 6. The third kappa shape index (κ3) is 5.99. The Morgan fingerprint density at radius 3 is 2.32 bits per heavy atom. The van der Waals surface area contributed by atoms with Crippen molar-refractivity contribution in [3.63, 3.8) is 0 Å². The fourth-order valence-electron chi connectivity index (χ4n) is 2.42. The van der Waals surface area contributed by atoms with Crippen LogP contribution in [0.5, 0.6) is 11.5 Å². The summed E-state index contributed by atoms with van der Waals surface area (Å²) in [6, 6.07) is 2.00. The minimum Gasteiger partial charge on any atom is -0.496 e. The second kappa shape index (κ2) is 9.52. The second-order valence-electron chi connectivity index (χ2n) is 5.80. The van der Waals surface area contributed by atoms with Crippen molar-refractivity contribution in [1.82, 2.24) is 0 Å². The van der Waals surface area contributed by atoms with Gasteiger partial charge >= 0.3 is 5.97 Å². The molecule has 1 rings (SSSR count). The number of aryl methyl sites for hydroxylation is 1. The van der Waals surface area contributed by atoms with Gasteiger partial charge in [0.25, 0.3) is 0 Å². The Morgan fingerprint density at radius 1 is 1.08 bits per heavy atom. The highest BCUT2D eigenvalue weighted by molar-refractivity contribution is 5.81. The molecule has 4 heteroatoms. The zero-order valence-corrected chi connectivity index (χ0v) is 15.7. The fourth-order valence-corrected chi connectivity index (χ4v) is 2.42. The number of hydrogen-bond acceptors (Lipinski definition) is 3. The molecular weight excluding hydrogens is 316 g/mol. The summed E-state index contributed by atoms with van der Waals surface area (Å²) >= 11 is 0. The molecule has 134 valence electrons. The third-order valence-electron chi connectivity index (χ3n) is 3.73. The Morgan fingerprint density at radius 2 is 1.76 bits per heavy atom. The molecule has 0 aliphatic rings. The van der Waals surface area contributed by atoms with Gasteiger partial charge in [0.2, 0.25) is 0 Å². The highest BCUT2D eigenvalue weighted by atomic mass is 16.5. The number of hydrogen-bond donors (Lipinski definition) is 1. The smallest absolute Gasteiger partial charge is 0.328 e. The summed E-state index contributed by atoms with van der Waals surface area (Å²) in [6.45, 7) is 7.72. The molecule has 0 spiro atoms. The molecule has 1 N–H and O–H groups in total. The van der Waals surface area contributed by atoms with Gasteiger partial charge in [-0.25, -0.2) is 4.79 Å². The molecule has 0 fully saturated rings. The lowest BCUT2D eigenvalue weighted by molar-refractivity contribution is -0.131. The topological polar surface area (TPSA) is 55.8 Å². The molecule has 0 aliphatic heterocycles. The van der Waals surface area contributed by atoms with Crippen LogP contribution in [-0.4, -0.2) is 25.3 Å². The van der Waals surface area contributed by atoms with Crippen LogP contribution in [0, 0.1) is 13.8 Å². The Bertz CT molecular complexity index is 750. The van der Waals surface area contributed by atoms with Crippen LogP contribution < -0.4 is 9.47 Å². The molecule has 0 atom stereocenters. The first-order chi connectivity index (χ1) is 11.8. The van der Waals surface area contributed by atoms with E-state index in [1.54, 1.807) is 27.2 Å². The van der Waals surface area contributed by atoms with Crippen LogP contribution in [0.1, 0.15) is 30.5 Å². The molecule has 0 aromatic heterocycles. The lowest BCUT2D eigenvalue weighted by atomic mass is 10.0. The predicted molar refractivity (Wildman–Crippen MR) is 102 cm³/mol. The molecule has 0 amide bonds. The van der Waals surface area contributed by atoms with Gasteiger partial charge in [-0.15, -0.1) is 0 Å². The third-order valence-corrected chi connectivity index (χ3v) is 3.73. The van der Waals surface area contributed by atoms with Crippen LogP contribution in [0.2, 0.25) is 0 Å². The number of benzene rings is 1.